The highest BCUT2D eigenvalue weighted by Crippen LogP contribution is 2.29. The molecule has 1 fully saturated rings. The number of nitrogens with zero attached hydrogens (tertiary/aromatic N) is 4. The molecule has 0 spiro atoms. The molecule has 164 valence electrons. The quantitative estimate of drug-likeness (QED) is 0.505. The average Bonchev–Trinajstić information content (AvgIpc) is 3.37. The highest BCUT2D eigenvalue weighted by atomic mass is 32.2. The molecule has 0 unspecified atom stereocenters. The summed E-state index contributed by atoms with van der Waals surface area (Å²) in [6.45, 7) is 0.308. The van der Waals surface area contributed by atoms with Gasteiger partial charge in [-0.3, -0.25) is 23.9 Å². The molecule has 0 saturated carbocycles. The molecule has 11 heteroatoms. The predicted molar refractivity (Wildman–Crippen MR) is 120 cm³/mol. The summed E-state index contributed by atoms with van der Waals surface area (Å²) in [5.41, 5.74) is 1.04. The topological polar surface area (TPSA) is 97.2 Å². The first-order valence-electron chi connectivity index (χ1n) is 9.67. The number of aromatic nitrogens is 3. The number of imide groups is 1. The number of carbonyl (C=O) groups excluding carboxylic acids is 3. The summed E-state index contributed by atoms with van der Waals surface area (Å²) in [5, 5.41) is 11.2. The number of benzene rings is 2. The van der Waals surface area contributed by atoms with Crippen molar-refractivity contribution in [3.05, 3.63) is 60.4 Å². The zero-order chi connectivity index (χ0) is 22.5. The molecule has 3 amide bonds. The van der Waals surface area contributed by atoms with Gasteiger partial charge in [0.05, 0.1) is 17.1 Å². The fourth-order valence-electron chi connectivity index (χ4n) is 3.08. The van der Waals surface area contributed by atoms with Crippen molar-refractivity contribution in [2.24, 2.45) is 0 Å². The van der Waals surface area contributed by atoms with Crippen LogP contribution in [0.2, 0.25) is 0 Å². The molecular formula is C21H18FN5O3S2. The molecule has 1 N–H and O–H groups in total. The zero-order valence-electron chi connectivity index (χ0n) is 16.7. The molecule has 0 atom stereocenters. The summed E-state index contributed by atoms with van der Waals surface area (Å²) >= 11 is 2.12. The minimum Gasteiger partial charge on any atom is -0.354 e. The standard InChI is InChI=1S/C21H18FN5O3S2/c22-16-9-5-4-8-15(16)19-24-25-20(27(19)14-6-2-1-3-7-14)31-12-17(28)23-10-11-26-18(29)13-32-21(26)30/h1-9H,10-13H2,(H,23,28). The van der Waals surface area contributed by atoms with Crippen molar-refractivity contribution in [1.29, 1.82) is 0 Å². The van der Waals surface area contributed by atoms with Crippen LogP contribution in [0.3, 0.4) is 0 Å². The van der Waals surface area contributed by atoms with Crippen molar-refractivity contribution in [3.63, 3.8) is 0 Å². The minimum absolute atomic E-state index is 0.0406. The van der Waals surface area contributed by atoms with E-state index in [0.29, 0.717) is 16.5 Å². The third-order valence-corrected chi connectivity index (χ3v) is 6.38. The van der Waals surface area contributed by atoms with Gasteiger partial charge in [-0.25, -0.2) is 4.39 Å². The van der Waals surface area contributed by atoms with E-state index in [-0.39, 0.29) is 41.6 Å². The van der Waals surface area contributed by atoms with Crippen LogP contribution >= 0.6 is 23.5 Å². The van der Waals surface area contributed by atoms with E-state index in [1.807, 2.05) is 30.3 Å². The van der Waals surface area contributed by atoms with E-state index in [2.05, 4.69) is 15.5 Å². The predicted octanol–water partition coefficient (Wildman–Crippen LogP) is 2.98. The van der Waals surface area contributed by atoms with Gasteiger partial charge >= 0.3 is 0 Å². The van der Waals surface area contributed by atoms with Crippen LogP contribution < -0.4 is 5.32 Å². The number of thioether (sulfide) groups is 2. The lowest BCUT2D eigenvalue weighted by atomic mass is 10.2. The summed E-state index contributed by atoms with van der Waals surface area (Å²) in [4.78, 5) is 36.6. The lowest BCUT2D eigenvalue weighted by Gasteiger charge is -2.13. The van der Waals surface area contributed by atoms with E-state index in [4.69, 9.17) is 0 Å². The van der Waals surface area contributed by atoms with E-state index in [1.54, 1.807) is 22.8 Å². The van der Waals surface area contributed by atoms with E-state index in [0.717, 1.165) is 34.1 Å². The van der Waals surface area contributed by atoms with Gasteiger partial charge in [-0.1, -0.05) is 53.9 Å². The highest BCUT2D eigenvalue weighted by Gasteiger charge is 2.29. The van der Waals surface area contributed by atoms with Gasteiger partial charge in [0.25, 0.3) is 5.24 Å². The van der Waals surface area contributed by atoms with Crippen LogP contribution in [-0.2, 0) is 9.59 Å². The van der Waals surface area contributed by atoms with Gasteiger partial charge < -0.3 is 5.32 Å². The van der Waals surface area contributed by atoms with Crippen molar-refractivity contribution in [2.75, 3.05) is 24.6 Å². The van der Waals surface area contributed by atoms with Crippen LogP contribution in [0.1, 0.15) is 0 Å². The Labute approximate surface area is 191 Å². The zero-order valence-corrected chi connectivity index (χ0v) is 18.4. The van der Waals surface area contributed by atoms with Gasteiger partial charge in [-0.05, 0) is 24.3 Å². The summed E-state index contributed by atoms with van der Waals surface area (Å²) in [6, 6.07) is 15.6. The summed E-state index contributed by atoms with van der Waals surface area (Å²) in [7, 11) is 0. The van der Waals surface area contributed by atoms with Gasteiger partial charge in [-0.2, -0.15) is 0 Å². The van der Waals surface area contributed by atoms with E-state index >= 15 is 0 Å². The number of para-hydroxylation sites is 1. The Kier molecular flexibility index (Phi) is 6.86. The number of amides is 3. The lowest BCUT2D eigenvalue weighted by Crippen LogP contribution is -2.38. The molecule has 2 heterocycles. The molecule has 4 rings (SSSR count). The molecule has 0 aliphatic carbocycles. The highest BCUT2D eigenvalue weighted by molar-refractivity contribution is 8.14. The lowest BCUT2D eigenvalue weighted by molar-refractivity contribution is -0.125. The number of hydrogen-bond acceptors (Lipinski definition) is 7. The maximum atomic E-state index is 14.4. The molecule has 0 bridgehead atoms. The van der Waals surface area contributed by atoms with Gasteiger partial charge in [0.2, 0.25) is 11.8 Å². The molecule has 2 aromatic carbocycles. The van der Waals surface area contributed by atoms with E-state index < -0.39 is 5.82 Å². The Morgan fingerprint density at radius 3 is 2.56 bits per heavy atom. The monoisotopic (exact) mass is 471 g/mol. The van der Waals surface area contributed by atoms with Crippen LogP contribution in [0.4, 0.5) is 9.18 Å². The Balaban J connectivity index is 1.45. The van der Waals surface area contributed by atoms with Crippen molar-refractivity contribution < 1.29 is 18.8 Å². The van der Waals surface area contributed by atoms with Gasteiger partial charge in [0, 0.05) is 18.8 Å². The Morgan fingerprint density at radius 1 is 1.09 bits per heavy atom. The molecule has 32 heavy (non-hydrogen) atoms. The number of nitrogens with one attached hydrogen (secondary N) is 1. The summed E-state index contributed by atoms with van der Waals surface area (Å²) in [6.07, 6.45) is 0. The summed E-state index contributed by atoms with van der Waals surface area (Å²) < 4.78 is 16.1. The third-order valence-electron chi connectivity index (χ3n) is 4.59. The van der Waals surface area contributed by atoms with Gasteiger partial charge in [-0.15, -0.1) is 10.2 Å². The summed E-state index contributed by atoms with van der Waals surface area (Å²) in [5.74, 6) is -0.436. The van der Waals surface area contributed by atoms with E-state index in [9.17, 15) is 18.8 Å². The number of carbonyl (C=O) groups is 3. The maximum Gasteiger partial charge on any atom is 0.288 e. The second-order valence-electron chi connectivity index (χ2n) is 6.70. The molecule has 1 aliphatic rings. The van der Waals surface area contributed by atoms with Crippen LogP contribution in [0.5, 0.6) is 0 Å². The second kappa shape index (κ2) is 9.96. The molecule has 3 aromatic rings. The molecule has 0 radical (unpaired) electrons. The van der Waals surface area contributed by atoms with E-state index in [1.165, 1.54) is 6.07 Å². The van der Waals surface area contributed by atoms with Crippen molar-refractivity contribution in [2.45, 2.75) is 5.16 Å². The fraction of sp³-hybridized carbons (Fsp3) is 0.190. The van der Waals surface area contributed by atoms with Crippen LogP contribution in [-0.4, -0.2) is 61.3 Å². The molecule has 1 saturated heterocycles. The van der Waals surface area contributed by atoms with Crippen LogP contribution in [0.15, 0.2) is 59.8 Å². The average molecular weight is 472 g/mol. The Hall–Kier alpha value is -3.18. The SMILES string of the molecule is O=C(CSc1nnc(-c2ccccc2F)n1-c1ccccc1)NCCN1C(=O)CSC1=O. The first-order chi connectivity index (χ1) is 15.5. The molecule has 1 aromatic heterocycles. The maximum absolute atomic E-state index is 14.4. The first kappa shape index (κ1) is 22.0. The normalized spacial score (nSPS) is 13.6. The third kappa shape index (κ3) is 4.83. The molecule has 1 aliphatic heterocycles. The first-order valence-corrected chi connectivity index (χ1v) is 11.6. The van der Waals surface area contributed by atoms with Crippen molar-refractivity contribution in [3.8, 4) is 17.1 Å². The second-order valence-corrected chi connectivity index (χ2v) is 8.56. The number of rotatable bonds is 8. The van der Waals surface area contributed by atoms with Crippen molar-refractivity contribution in [1.82, 2.24) is 25.0 Å². The van der Waals surface area contributed by atoms with Crippen molar-refractivity contribution >= 4 is 40.6 Å². The minimum atomic E-state index is -0.421. The molecule has 8 nitrogen and oxygen atoms in total. The smallest absolute Gasteiger partial charge is 0.288 e. The van der Waals surface area contributed by atoms with Crippen LogP contribution in [0.25, 0.3) is 17.1 Å². The fourth-order valence-corrected chi connectivity index (χ4v) is 4.61. The van der Waals surface area contributed by atoms with Gasteiger partial charge in [0.15, 0.2) is 11.0 Å². The number of hydrogen-bond donors (Lipinski definition) is 1. The Bertz CT molecular complexity index is 1140. The van der Waals surface area contributed by atoms with Crippen LogP contribution in [0, 0.1) is 5.82 Å². The Morgan fingerprint density at radius 2 is 1.84 bits per heavy atom. The largest absolute Gasteiger partial charge is 0.354 e. The number of halogens is 1. The van der Waals surface area contributed by atoms with Gasteiger partial charge in [0.1, 0.15) is 5.82 Å². The molecular weight excluding hydrogens is 453 g/mol.